The molecule has 1 aliphatic rings. The van der Waals surface area contributed by atoms with E-state index in [9.17, 15) is 4.79 Å². The highest BCUT2D eigenvalue weighted by Gasteiger charge is 2.40. The predicted molar refractivity (Wildman–Crippen MR) is 70.8 cm³/mol. The fourth-order valence-electron chi connectivity index (χ4n) is 1.99. The molecular weight excluding hydrogens is 238 g/mol. The highest BCUT2D eigenvalue weighted by Crippen LogP contribution is 2.46. The molecule has 0 bridgehead atoms. The van der Waals surface area contributed by atoms with E-state index in [0.29, 0.717) is 0 Å². The third-order valence-corrected chi connectivity index (χ3v) is 5.42. The van der Waals surface area contributed by atoms with Crippen molar-refractivity contribution in [3.63, 3.8) is 0 Å². The van der Waals surface area contributed by atoms with Gasteiger partial charge in [0.05, 0.1) is 5.25 Å². The molecule has 0 aromatic carbocycles. The van der Waals surface area contributed by atoms with Crippen LogP contribution in [0.3, 0.4) is 0 Å². The van der Waals surface area contributed by atoms with E-state index in [1.165, 1.54) is 10.4 Å². The second-order valence-corrected chi connectivity index (χ2v) is 6.81. The summed E-state index contributed by atoms with van der Waals surface area (Å²) >= 11 is 3.53. The Morgan fingerprint density at radius 2 is 2.12 bits per heavy atom. The molecule has 4 heteroatoms. The summed E-state index contributed by atoms with van der Waals surface area (Å²) in [5.74, 6) is 0.276. The summed E-state index contributed by atoms with van der Waals surface area (Å²) < 4.78 is 0. The van der Waals surface area contributed by atoms with E-state index in [1.54, 1.807) is 23.1 Å². The lowest BCUT2D eigenvalue weighted by atomic mass is 10.2. The highest BCUT2D eigenvalue weighted by molar-refractivity contribution is 8.01. The first-order chi connectivity index (χ1) is 7.52. The molecule has 0 spiro atoms. The molecule has 0 N–H and O–H groups in total. The number of hydrogen-bond donors (Lipinski definition) is 0. The van der Waals surface area contributed by atoms with Gasteiger partial charge >= 0.3 is 0 Å². The molecule has 2 heterocycles. The Kier molecular flexibility index (Phi) is 3.31. The number of amides is 1. The van der Waals surface area contributed by atoms with Crippen molar-refractivity contribution in [2.24, 2.45) is 0 Å². The van der Waals surface area contributed by atoms with Crippen LogP contribution in [0.4, 0.5) is 0 Å². The van der Waals surface area contributed by atoms with E-state index >= 15 is 0 Å². The van der Waals surface area contributed by atoms with Gasteiger partial charge in [-0.25, -0.2) is 0 Å². The number of carbonyl (C=O) groups excluding carboxylic acids is 1. The van der Waals surface area contributed by atoms with Crippen molar-refractivity contribution in [2.75, 3.05) is 0 Å². The van der Waals surface area contributed by atoms with Crippen molar-refractivity contribution >= 4 is 29.0 Å². The average Bonchev–Trinajstić information content (AvgIpc) is 2.72. The van der Waals surface area contributed by atoms with E-state index in [-0.39, 0.29) is 22.6 Å². The molecule has 16 heavy (non-hydrogen) atoms. The molecule has 1 amide bonds. The van der Waals surface area contributed by atoms with Crippen molar-refractivity contribution in [3.05, 3.63) is 21.9 Å². The predicted octanol–water partition coefficient (Wildman–Crippen LogP) is 3.43. The topological polar surface area (TPSA) is 20.3 Å². The maximum Gasteiger partial charge on any atom is 0.236 e. The van der Waals surface area contributed by atoms with E-state index in [2.05, 4.69) is 32.2 Å². The summed E-state index contributed by atoms with van der Waals surface area (Å²) in [7, 11) is 0. The Labute approximate surface area is 105 Å². The summed E-state index contributed by atoms with van der Waals surface area (Å²) in [6, 6.07) is 2.41. The van der Waals surface area contributed by atoms with Crippen LogP contribution in [0.5, 0.6) is 0 Å². The molecule has 0 unspecified atom stereocenters. The number of carbonyl (C=O) groups is 1. The minimum atomic E-state index is 0.0916. The molecule has 2 atom stereocenters. The summed E-state index contributed by atoms with van der Waals surface area (Å²) in [5.41, 5.74) is 1.30. The Hall–Kier alpha value is -0.480. The zero-order valence-electron chi connectivity index (χ0n) is 10.1. The Balaban J connectivity index is 2.34. The maximum absolute atomic E-state index is 12.1. The molecule has 1 fully saturated rings. The van der Waals surface area contributed by atoms with Crippen molar-refractivity contribution in [3.8, 4) is 0 Å². The monoisotopic (exact) mass is 255 g/mol. The first-order valence-corrected chi connectivity index (χ1v) is 7.36. The minimum Gasteiger partial charge on any atom is -0.322 e. The fraction of sp³-hybridized carbons (Fsp3) is 0.583. The smallest absolute Gasteiger partial charge is 0.236 e. The van der Waals surface area contributed by atoms with E-state index in [0.717, 1.165) is 0 Å². The number of thioether (sulfide) groups is 1. The average molecular weight is 255 g/mol. The zero-order valence-corrected chi connectivity index (χ0v) is 11.7. The lowest BCUT2D eigenvalue weighted by Gasteiger charge is -2.27. The molecule has 88 valence electrons. The van der Waals surface area contributed by atoms with Gasteiger partial charge in [0.25, 0.3) is 0 Å². The van der Waals surface area contributed by atoms with Crippen LogP contribution in [-0.4, -0.2) is 22.1 Å². The Morgan fingerprint density at radius 3 is 2.62 bits per heavy atom. The van der Waals surface area contributed by atoms with Crippen molar-refractivity contribution < 1.29 is 4.79 Å². The molecule has 2 rings (SSSR count). The third-order valence-electron chi connectivity index (χ3n) is 2.87. The van der Waals surface area contributed by atoms with Crippen LogP contribution in [0, 0.1) is 6.92 Å². The van der Waals surface area contributed by atoms with Gasteiger partial charge in [-0.1, -0.05) is 0 Å². The largest absolute Gasteiger partial charge is 0.322 e. The summed E-state index contributed by atoms with van der Waals surface area (Å²) in [4.78, 5) is 15.4. The van der Waals surface area contributed by atoms with E-state index in [4.69, 9.17) is 0 Å². The molecule has 0 aliphatic carbocycles. The number of thiophene rings is 1. The molecule has 1 saturated heterocycles. The van der Waals surface area contributed by atoms with E-state index < -0.39 is 0 Å². The second kappa shape index (κ2) is 4.41. The molecule has 0 saturated carbocycles. The lowest BCUT2D eigenvalue weighted by molar-refractivity contribution is -0.131. The molecule has 1 aliphatic heterocycles. The minimum absolute atomic E-state index is 0.0916. The quantitative estimate of drug-likeness (QED) is 0.807. The van der Waals surface area contributed by atoms with Crippen molar-refractivity contribution in [1.29, 1.82) is 0 Å². The fourth-order valence-corrected chi connectivity index (χ4v) is 4.64. The normalized spacial score (nSPS) is 25.8. The van der Waals surface area contributed by atoms with Gasteiger partial charge in [0.2, 0.25) is 5.91 Å². The summed E-state index contributed by atoms with van der Waals surface area (Å²) in [6.45, 7) is 8.31. The number of hydrogen-bond acceptors (Lipinski definition) is 3. The first-order valence-electron chi connectivity index (χ1n) is 5.54. The van der Waals surface area contributed by atoms with Crippen LogP contribution in [0.1, 0.15) is 36.6 Å². The van der Waals surface area contributed by atoms with E-state index in [1.807, 2.05) is 11.8 Å². The number of nitrogens with zero attached hydrogens (tertiary/aromatic N) is 1. The van der Waals surface area contributed by atoms with Crippen molar-refractivity contribution in [2.45, 2.75) is 44.4 Å². The number of aryl methyl sites for hydroxylation is 1. The maximum atomic E-state index is 12.1. The zero-order chi connectivity index (χ0) is 11.9. The molecule has 1 aromatic heterocycles. The SMILES string of the molecule is Cc1ccsc1[C@H]1S[C@@H](C)C(=O)N1C(C)C. The Bertz CT molecular complexity index is 399. The van der Waals surface area contributed by atoms with Gasteiger partial charge in [-0.3, -0.25) is 4.79 Å². The van der Waals surface area contributed by atoms with Crippen LogP contribution >= 0.6 is 23.1 Å². The highest BCUT2D eigenvalue weighted by atomic mass is 32.2. The van der Waals surface area contributed by atoms with Gasteiger partial charge in [-0.05, 0) is 44.7 Å². The van der Waals surface area contributed by atoms with Crippen molar-refractivity contribution in [1.82, 2.24) is 4.90 Å². The van der Waals surface area contributed by atoms with Gasteiger partial charge in [0, 0.05) is 10.9 Å². The van der Waals surface area contributed by atoms with Gasteiger partial charge in [0.1, 0.15) is 5.37 Å². The van der Waals surface area contributed by atoms with Crippen LogP contribution in [0.25, 0.3) is 0 Å². The van der Waals surface area contributed by atoms with Gasteiger partial charge in [0.15, 0.2) is 0 Å². The summed E-state index contributed by atoms with van der Waals surface area (Å²) in [5, 5.41) is 2.42. The first kappa shape index (κ1) is 12.0. The van der Waals surface area contributed by atoms with Crippen LogP contribution < -0.4 is 0 Å². The Morgan fingerprint density at radius 1 is 1.44 bits per heavy atom. The summed E-state index contributed by atoms with van der Waals surface area (Å²) in [6.07, 6.45) is 0. The van der Waals surface area contributed by atoms with Crippen LogP contribution in [-0.2, 0) is 4.79 Å². The standard InChI is InChI=1S/C12H17NOS2/c1-7(2)13-11(14)9(4)16-12(13)10-8(3)5-6-15-10/h5-7,9,12H,1-4H3/t9-,12+/m0/s1. The van der Waals surface area contributed by atoms with Gasteiger partial charge < -0.3 is 4.90 Å². The lowest BCUT2D eigenvalue weighted by Crippen LogP contribution is -2.35. The van der Waals surface area contributed by atoms with Crippen LogP contribution in [0.2, 0.25) is 0 Å². The molecular formula is C12H17NOS2. The second-order valence-electron chi connectivity index (χ2n) is 4.44. The molecule has 2 nitrogen and oxygen atoms in total. The third kappa shape index (κ3) is 1.89. The van der Waals surface area contributed by atoms with Gasteiger partial charge in [-0.15, -0.1) is 23.1 Å². The van der Waals surface area contributed by atoms with Gasteiger partial charge in [-0.2, -0.15) is 0 Å². The number of rotatable bonds is 2. The molecule has 0 radical (unpaired) electrons. The molecule has 1 aromatic rings. The van der Waals surface area contributed by atoms with Crippen LogP contribution in [0.15, 0.2) is 11.4 Å².